The molecule has 16 heavy (non-hydrogen) atoms. The lowest BCUT2D eigenvalue weighted by Crippen LogP contribution is -1.90. The van der Waals surface area contributed by atoms with Crippen molar-refractivity contribution in [2.75, 3.05) is 6.61 Å². The van der Waals surface area contributed by atoms with Crippen molar-refractivity contribution in [2.45, 2.75) is 6.92 Å². The summed E-state index contributed by atoms with van der Waals surface area (Å²) in [4.78, 5) is 4.25. The van der Waals surface area contributed by atoms with Gasteiger partial charge in [-0.15, -0.1) is 0 Å². The Morgan fingerprint density at radius 2 is 2.12 bits per heavy atom. The van der Waals surface area contributed by atoms with Crippen LogP contribution in [0.15, 0.2) is 36.9 Å². The maximum absolute atomic E-state index is 5.85. The first-order chi connectivity index (χ1) is 7.70. The molecule has 0 saturated carbocycles. The smallest absolute Gasteiger partial charge is 0.129 e. The van der Waals surface area contributed by atoms with Gasteiger partial charge in [0.05, 0.1) is 12.1 Å². The van der Waals surface area contributed by atoms with E-state index in [0.717, 1.165) is 16.5 Å². The highest BCUT2D eigenvalue weighted by atomic mass is 35.5. The van der Waals surface area contributed by atoms with E-state index >= 15 is 0 Å². The molecule has 1 heterocycles. The number of pyridine rings is 1. The van der Waals surface area contributed by atoms with Crippen molar-refractivity contribution in [2.24, 2.45) is 0 Å². The normalized spacial score (nSPS) is 10.4. The Kier molecular flexibility index (Phi) is 3.11. The van der Waals surface area contributed by atoms with Crippen LogP contribution in [0.4, 0.5) is 0 Å². The number of ether oxygens (including phenoxy) is 1. The second kappa shape index (κ2) is 4.54. The monoisotopic (exact) mass is 233 g/mol. The molecule has 0 fully saturated rings. The zero-order chi connectivity index (χ0) is 11.5. The van der Waals surface area contributed by atoms with Crippen molar-refractivity contribution in [3.8, 4) is 0 Å². The van der Waals surface area contributed by atoms with Crippen LogP contribution in [0.1, 0.15) is 12.5 Å². The topological polar surface area (TPSA) is 22.1 Å². The Morgan fingerprint density at radius 3 is 2.88 bits per heavy atom. The Balaban J connectivity index is 2.46. The van der Waals surface area contributed by atoms with E-state index in [4.69, 9.17) is 16.3 Å². The van der Waals surface area contributed by atoms with Crippen LogP contribution in [0, 0.1) is 0 Å². The Hall–Kier alpha value is -1.54. The molecule has 0 aliphatic carbocycles. The molecule has 0 unspecified atom stereocenters. The first kappa shape index (κ1) is 11.0. The lowest BCUT2D eigenvalue weighted by atomic mass is 10.1. The van der Waals surface area contributed by atoms with Crippen molar-refractivity contribution in [3.05, 3.63) is 47.6 Å². The van der Waals surface area contributed by atoms with E-state index in [1.54, 1.807) is 6.07 Å². The summed E-state index contributed by atoms with van der Waals surface area (Å²) in [6, 6.07) is 9.60. The zero-order valence-corrected chi connectivity index (χ0v) is 9.79. The zero-order valence-electron chi connectivity index (χ0n) is 9.03. The van der Waals surface area contributed by atoms with Crippen molar-refractivity contribution in [1.82, 2.24) is 4.98 Å². The van der Waals surface area contributed by atoms with Gasteiger partial charge in [-0.05, 0) is 25.1 Å². The van der Waals surface area contributed by atoms with E-state index in [0.29, 0.717) is 17.5 Å². The molecule has 1 aromatic carbocycles. The van der Waals surface area contributed by atoms with Gasteiger partial charge in [-0.1, -0.05) is 30.3 Å². The number of hydrogen-bond acceptors (Lipinski definition) is 2. The van der Waals surface area contributed by atoms with E-state index in [9.17, 15) is 0 Å². The van der Waals surface area contributed by atoms with E-state index in [2.05, 4.69) is 11.6 Å². The number of nitrogens with zero attached hydrogens (tertiary/aromatic N) is 1. The number of halogens is 1. The van der Waals surface area contributed by atoms with Gasteiger partial charge < -0.3 is 4.74 Å². The van der Waals surface area contributed by atoms with Crippen molar-refractivity contribution < 1.29 is 4.74 Å². The number of hydrogen-bond donors (Lipinski definition) is 0. The fourth-order valence-corrected chi connectivity index (χ4v) is 1.68. The minimum Gasteiger partial charge on any atom is -0.494 e. The van der Waals surface area contributed by atoms with Crippen LogP contribution in [-0.4, -0.2) is 11.6 Å². The summed E-state index contributed by atoms with van der Waals surface area (Å²) < 4.78 is 5.35. The first-order valence-corrected chi connectivity index (χ1v) is 5.47. The fourth-order valence-electron chi connectivity index (χ4n) is 1.52. The molecular formula is C13H12ClNO. The maximum Gasteiger partial charge on any atom is 0.129 e. The van der Waals surface area contributed by atoms with Crippen LogP contribution in [-0.2, 0) is 4.74 Å². The predicted molar refractivity (Wildman–Crippen MR) is 67.4 cm³/mol. The molecule has 2 nitrogen and oxygen atoms in total. The van der Waals surface area contributed by atoms with Crippen LogP contribution in [0.2, 0.25) is 5.15 Å². The third-order valence-electron chi connectivity index (χ3n) is 2.30. The van der Waals surface area contributed by atoms with Crippen LogP contribution in [0.3, 0.4) is 0 Å². The van der Waals surface area contributed by atoms with E-state index in [1.807, 2.05) is 31.2 Å². The quantitative estimate of drug-likeness (QED) is 0.593. The minimum absolute atomic E-state index is 0.492. The highest BCUT2D eigenvalue weighted by molar-refractivity contribution is 6.29. The standard InChI is InChI=1S/C13H12ClNO/c1-3-16-9(2)11-5-4-10-6-7-13(14)15-12(10)8-11/h4-8H,2-3H2,1H3. The largest absolute Gasteiger partial charge is 0.494 e. The molecule has 0 saturated heterocycles. The van der Waals surface area contributed by atoms with Gasteiger partial charge >= 0.3 is 0 Å². The van der Waals surface area contributed by atoms with Crippen LogP contribution in [0.5, 0.6) is 0 Å². The van der Waals surface area contributed by atoms with Crippen LogP contribution in [0.25, 0.3) is 16.7 Å². The molecule has 3 heteroatoms. The van der Waals surface area contributed by atoms with Gasteiger partial charge in [0.2, 0.25) is 0 Å². The van der Waals surface area contributed by atoms with Gasteiger partial charge in [0.1, 0.15) is 10.9 Å². The summed E-state index contributed by atoms with van der Waals surface area (Å²) in [7, 11) is 0. The molecule has 0 amide bonds. The number of fused-ring (bicyclic) bond motifs is 1. The SMILES string of the molecule is C=C(OCC)c1ccc2ccc(Cl)nc2c1. The molecule has 0 N–H and O–H groups in total. The third kappa shape index (κ3) is 2.17. The molecule has 0 atom stereocenters. The predicted octanol–water partition coefficient (Wildman–Crippen LogP) is 3.90. The Bertz CT molecular complexity index is 536. The van der Waals surface area contributed by atoms with Gasteiger partial charge in [0, 0.05) is 10.9 Å². The summed E-state index contributed by atoms with van der Waals surface area (Å²) in [5.74, 6) is 0.658. The second-order valence-electron chi connectivity index (χ2n) is 3.40. The van der Waals surface area contributed by atoms with E-state index in [1.165, 1.54) is 0 Å². The summed E-state index contributed by atoms with van der Waals surface area (Å²) in [6.45, 7) is 6.40. The summed E-state index contributed by atoms with van der Waals surface area (Å²) >= 11 is 5.85. The average Bonchev–Trinajstić information content (AvgIpc) is 2.28. The molecule has 0 radical (unpaired) electrons. The van der Waals surface area contributed by atoms with Crippen LogP contribution < -0.4 is 0 Å². The van der Waals surface area contributed by atoms with Gasteiger partial charge in [0.15, 0.2) is 0 Å². The molecule has 0 aliphatic rings. The van der Waals surface area contributed by atoms with Gasteiger partial charge in [-0.3, -0.25) is 0 Å². The average molecular weight is 234 g/mol. The van der Waals surface area contributed by atoms with Crippen LogP contribution >= 0.6 is 11.6 Å². The molecule has 0 spiro atoms. The summed E-state index contributed by atoms with van der Waals surface area (Å²) in [5, 5.41) is 1.55. The summed E-state index contributed by atoms with van der Waals surface area (Å²) in [5.41, 5.74) is 1.79. The molecule has 2 aromatic rings. The van der Waals surface area contributed by atoms with Gasteiger partial charge in [0.25, 0.3) is 0 Å². The van der Waals surface area contributed by atoms with Crippen molar-refractivity contribution in [1.29, 1.82) is 0 Å². The molecule has 0 aliphatic heterocycles. The second-order valence-corrected chi connectivity index (χ2v) is 3.78. The van der Waals surface area contributed by atoms with Crippen molar-refractivity contribution >= 4 is 28.3 Å². The summed E-state index contributed by atoms with van der Waals surface area (Å²) in [6.07, 6.45) is 0. The molecule has 0 bridgehead atoms. The van der Waals surface area contributed by atoms with Crippen molar-refractivity contribution in [3.63, 3.8) is 0 Å². The number of benzene rings is 1. The highest BCUT2D eigenvalue weighted by Crippen LogP contribution is 2.21. The number of rotatable bonds is 3. The number of aromatic nitrogens is 1. The fraction of sp³-hybridized carbons (Fsp3) is 0.154. The molecular weight excluding hydrogens is 222 g/mol. The molecule has 1 aromatic heterocycles. The third-order valence-corrected chi connectivity index (χ3v) is 2.51. The molecule has 2 rings (SSSR count). The van der Waals surface area contributed by atoms with E-state index in [-0.39, 0.29) is 0 Å². The Labute approximate surface area is 99.5 Å². The maximum atomic E-state index is 5.85. The lowest BCUT2D eigenvalue weighted by Gasteiger charge is -2.07. The van der Waals surface area contributed by atoms with Gasteiger partial charge in [-0.2, -0.15) is 0 Å². The molecule has 82 valence electrons. The minimum atomic E-state index is 0.492. The van der Waals surface area contributed by atoms with E-state index < -0.39 is 0 Å². The Morgan fingerprint density at radius 1 is 1.38 bits per heavy atom. The van der Waals surface area contributed by atoms with Gasteiger partial charge in [-0.25, -0.2) is 4.98 Å². The highest BCUT2D eigenvalue weighted by Gasteiger charge is 2.02. The lowest BCUT2D eigenvalue weighted by molar-refractivity contribution is 0.299. The first-order valence-electron chi connectivity index (χ1n) is 5.09.